The quantitative estimate of drug-likeness (QED) is 0.641. The van der Waals surface area contributed by atoms with E-state index in [1.807, 2.05) is 13.8 Å². The molecule has 0 aromatic carbocycles. The van der Waals surface area contributed by atoms with Crippen molar-refractivity contribution in [3.63, 3.8) is 0 Å². The standard InChI is InChI=1S/C8H12O4.C2H6/c1-4(9)5-2-6(10)8(12)7(11)3-5;1-2/h5-7,10-11H,2-3H2,1H3;1-2H3. The van der Waals surface area contributed by atoms with Crippen LogP contribution in [-0.2, 0) is 9.59 Å². The van der Waals surface area contributed by atoms with Gasteiger partial charge in [0, 0.05) is 5.92 Å². The van der Waals surface area contributed by atoms with Gasteiger partial charge in [-0.15, -0.1) is 0 Å². The molecular formula is C10H18O4. The molecule has 4 nitrogen and oxygen atoms in total. The fourth-order valence-electron chi connectivity index (χ4n) is 1.42. The molecule has 2 atom stereocenters. The van der Waals surface area contributed by atoms with E-state index in [4.69, 9.17) is 10.2 Å². The molecule has 1 rings (SSSR count). The highest BCUT2D eigenvalue weighted by Crippen LogP contribution is 2.22. The molecule has 1 saturated carbocycles. The number of aliphatic hydroxyl groups is 2. The van der Waals surface area contributed by atoms with Crippen LogP contribution in [0.15, 0.2) is 0 Å². The molecule has 1 fully saturated rings. The molecule has 0 heterocycles. The Hall–Kier alpha value is -0.740. The Morgan fingerprint density at radius 1 is 1.21 bits per heavy atom. The number of ketones is 2. The highest BCUT2D eigenvalue weighted by atomic mass is 16.3. The lowest BCUT2D eigenvalue weighted by atomic mass is 9.82. The monoisotopic (exact) mass is 202 g/mol. The van der Waals surface area contributed by atoms with Gasteiger partial charge in [-0.05, 0) is 19.8 Å². The molecule has 0 saturated heterocycles. The first kappa shape index (κ1) is 13.3. The average molecular weight is 202 g/mol. The van der Waals surface area contributed by atoms with Gasteiger partial charge in [0.05, 0.1) is 0 Å². The van der Waals surface area contributed by atoms with Gasteiger partial charge in [-0.3, -0.25) is 9.59 Å². The minimum Gasteiger partial charge on any atom is -0.385 e. The van der Waals surface area contributed by atoms with E-state index < -0.39 is 18.0 Å². The van der Waals surface area contributed by atoms with Gasteiger partial charge < -0.3 is 10.2 Å². The molecule has 4 heteroatoms. The fourth-order valence-corrected chi connectivity index (χ4v) is 1.42. The summed E-state index contributed by atoms with van der Waals surface area (Å²) < 4.78 is 0. The van der Waals surface area contributed by atoms with Crippen LogP contribution in [0.4, 0.5) is 0 Å². The van der Waals surface area contributed by atoms with Crippen molar-refractivity contribution in [2.75, 3.05) is 0 Å². The third-order valence-corrected chi connectivity index (χ3v) is 2.25. The number of Topliss-reactive ketones (excluding diaryl/α,β-unsaturated/α-hetero) is 2. The number of aliphatic hydroxyl groups excluding tert-OH is 2. The van der Waals surface area contributed by atoms with Gasteiger partial charge in [0.15, 0.2) is 5.78 Å². The molecule has 0 amide bonds. The van der Waals surface area contributed by atoms with Crippen LogP contribution in [0.5, 0.6) is 0 Å². The van der Waals surface area contributed by atoms with Crippen molar-refractivity contribution in [3.8, 4) is 0 Å². The topological polar surface area (TPSA) is 74.6 Å². The summed E-state index contributed by atoms with van der Waals surface area (Å²) in [6.45, 7) is 5.40. The fraction of sp³-hybridized carbons (Fsp3) is 0.800. The zero-order chi connectivity index (χ0) is 11.3. The SMILES string of the molecule is CC.CC(=O)C1CC(O)C(=O)C(O)C1. The highest BCUT2D eigenvalue weighted by Gasteiger charge is 2.35. The smallest absolute Gasteiger partial charge is 0.189 e. The second-order valence-electron chi connectivity index (χ2n) is 3.21. The molecule has 0 aromatic rings. The van der Waals surface area contributed by atoms with Crippen molar-refractivity contribution in [3.05, 3.63) is 0 Å². The summed E-state index contributed by atoms with van der Waals surface area (Å²) in [5.74, 6) is -1.01. The summed E-state index contributed by atoms with van der Waals surface area (Å²) in [6.07, 6.45) is -2.01. The van der Waals surface area contributed by atoms with Crippen LogP contribution >= 0.6 is 0 Å². The number of hydrogen-bond donors (Lipinski definition) is 2. The van der Waals surface area contributed by atoms with E-state index in [-0.39, 0.29) is 24.5 Å². The van der Waals surface area contributed by atoms with Crippen LogP contribution in [0.2, 0.25) is 0 Å². The number of carbonyl (C=O) groups is 2. The average Bonchev–Trinajstić information content (AvgIpc) is 2.16. The van der Waals surface area contributed by atoms with Crippen molar-refractivity contribution >= 4 is 11.6 Å². The molecule has 0 aromatic heterocycles. The number of rotatable bonds is 1. The van der Waals surface area contributed by atoms with Gasteiger partial charge in [-0.1, -0.05) is 13.8 Å². The molecular weight excluding hydrogens is 184 g/mol. The van der Waals surface area contributed by atoms with Crippen LogP contribution < -0.4 is 0 Å². The Bertz CT molecular complexity index is 198. The van der Waals surface area contributed by atoms with E-state index in [9.17, 15) is 9.59 Å². The third-order valence-electron chi connectivity index (χ3n) is 2.25. The maximum Gasteiger partial charge on any atom is 0.189 e. The van der Waals surface area contributed by atoms with Crippen molar-refractivity contribution in [2.24, 2.45) is 5.92 Å². The molecule has 0 bridgehead atoms. The zero-order valence-corrected chi connectivity index (χ0v) is 8.86. The summed E-state index contributed by atoms with van der Waals surface area (Å²) in [5.41, 5.74) is 0. The normalized spacial score (nSPS) is 31.8. The minimum atomic E-state index is -1.16. The Morgan fingerprint density at radius 2 is 1.57 bits per heavy atom. The van der Waals surface area contributed by atoms with Crippen molar-refractivity contribution in [1.82, 2.24) is 0 Å². The van der Waals surface area contributed by atoms with Crippen LogP contribution in [-0.4, -0.2) is 34.0 Å². The van der Waals surface area contributed by atoms with Gasteiger partial charge in [0.25, 0.3) is 0 Å². The lowest BCUT2D eigenvalue weighted by Gasteiger charge is -2.26. The second-order valence-corrected chi connectivity index (χ2v) is 3.21. The first-order valence-electron chi connectivity index (χ1n) is 4.92. The van der Waals surface area contributed by atoms with Crippen molar-refractivity contribution in [2.45, 2.75) is 45.8 Å². The maximum atomic E-state index is 10.9. The highest BCUT2D eigenvalue weighted by molar-refractivity contribution is 5.90. The molecule has 0 spiro atoms. The number of carbonyl (C=O) groups excluding carboxylic acids is 2. The molecule has 14 heavy (non-hydrogen) atoms. The first-order valence-corrected chi connectivity index (χ1v) is 4.92. The summed E-state index contributed by atoms with van der Waals surface area (Å²) in [7, 11) is 0. The number of hydrogen-bond acceptors (Lipinski definition) is 4. The summed E-state index contributed by atoms with van der Waals surface area (Å²) >= 11 is 0. The molecule has 1 aliphatic rings. The van der Waals surface area contributed by atoms with E-state index >= 15 is 0 Å². The molecule has 82 valence electrons. The van der Waals surface area contributed by atoms with Gasteiger partial charge in [-0.25, -0.2) is 0 Å². The zero-order valence-electron chi connectivity index (χ0n) is 8.86. The van der Waals surface area contributed by atoms with Gasteiger partial charge >= 0.3 is 0 Å². The van der Waals surface area contributed by atoms with Gasteiger partial charge in [0.1, 0.15) is 18.0 Å². The lowest BCUT2D eigenvalue weighted by molar-refractivity contribution is -0.143. The van der Waals surface area contributed by atoms with Crippen LogP contribution in [0.1, 0.15) is 33.6 Å². The van der Waals surface area contributed by atoms with E-state index in [0.717, 1.165) is 0 Å². The van der Waals surface area contributed by atoms with E-state index in [0.29, 0.717) is 0 Å². The lowest BCUT2D eigenvalue weighted by Crippen LogP contribution is -2.42. The molecule has 2 N–H and O–H groups in total. The molecule has 0 aliphatic heterocycles. The summed E-state index contributed by atoms with van der Waals surface area (Å²) in [6, 6.07) is 0. The first-order chi connectivity index (χ1) is 6.52. The molecule has 1 aliphatic carbocycles. The minimum absolute atomic E-state index is 0.0828. The Labute approximate surface area is 83.9 Å². The Morgan fingerprint density at radius 3 is 1.86 bits per heavy atom. The van der Waals surface area contributed by atoms with Crippen molar-refractivity contribution < 1.29 is 19.8 Å². The van der Waals surface area contributed by atoms with E-state index in [2.05, 4.69) is 0 Å². The van der Waals surface area contributed by atoms with Crippen LogP contribution in [0.25, 0.3) is 0 Å². The van der Waals surface area contributed by atoms with Crippen molar-refractivity contribution in [1.29, 1.82) is 0 Å². The van der Waals surface area contributed by atoms with Crippen LogP contribution in [0.3, 0.4) is 0 Å². The predicted octanol–water partition coefficient (Wildman–Crippen LogP) is 0.302. The van der Waals surface area contributed by atoms with E-state index in [1.54, 1.807) is 0 Å². The predicted molar refractivity (Wildman–Crippen MR) is 51.8 cm³/mol. The summed E-state index contributed by atoms with van der Waals surface area (Å²) in [5, 5.41) is 18.2. The molecule has 2 unspecified atom stereocenters. The van der Waals surface area contributed by atoms with Crippen LogP contribution in [0, 0.1) is 5.92 Å². The molecule has 0 radical (unpaired) electrons. The Kier molecular flexibility index (Phi) is 5.57. The van der Waals surface area contributed by atoms with Gasteiger partial charge in [-0.2, -0.15) is 0 Å². The summed E-state index contributed by atoms with van der Waals surface area (Å²) in [4.78, 5) is 21.7. The second kappa shape index (κ2) is 5.88. The Balaban J connectivity index is 0.000000791. The third kappa shape index (κ3) is 3.20. The largest absolute Gasteiger partial charge is 0.385 e. The maximum absolute atomic E-state index is 10.9. The van der Waals surface area contributed by atoms with Gasteiger partial charge in [0.2, 0.25) is 0 Å². The van der Waals surface area contributed by atoms with E-state index in [1.165, 1.54) is 6.92 Å².